The van der Waals surface area contributed by atoms with Crippen LogP contribution in [0.2, 0.25) is 0 Å². The fourth-order valence-corrected chi connectivity index (χ4v) is 3.71. The summed E-state index contributed by atoms with van der Waals surface area (Å²) in [7, 11) is 0. The van der Waals surface area contributed by atoms with E-state index in [-0.39, 0.29) is 12.5 Å². The van der Waals surface area contributed by atoms with E-state index in [4.69, 9.17) is 4.74 Å². The second-order valence-corrected chi connectivity index (χ2v) is 7.94. The van der Waals surface area contributed by atoms with Crippen molar-refractivity contribution in [2.75, 3.05) is 11.9 Å². The number of halogens is 2. The molecule has 0 bridgehead atoms. The predicted octanol–water partition coefficient (Wildman–Crippen LogP) is 5.66. The van der Waals surface area contributed by atoms with Crippen LogP contribution in [0.3, 0.4) is 0 Å². The number of benzene rings is 2. The van der Waals surface area contributed by atoms with Gasteiger partial charge in [0.25, 0.3) is 5.91 Å². The molecule has 25 heavy (non-hydrogen) atoms. The first-order valence-corrected chi connectivity index (χ1v) is 9.88. The number of aryl methyl sites for hydroxylation is 1. The monoisotopic (exact) mass is 480 g/mol. The first-order valence-electron chi connectivity index (χ1n) is 7.41. The third-order valence-corrected chi connectivity index (χ3v) is 5.24. The van der Waals surface area contributed by atoms with Crippen molar-refractivity contribution in [1.82, 2.24) is 4.98 Å². The Balaban J connectivity index is 1.59. The van der Waals surface area contributed by atoms with Gasteiger partial charge in [0.1, 0.15) is 5.75 Å². The molecule has 3 rings (SSSR count). The van der Waals surface area contributed by atoms with E-state index in [1.54, 1.807) is 0 Å². The number of rotatable bonds is 5. The van der Waals surface area contributed by atoms with E-state index in [0.29, 0.717) is 10.9 Å². The molecule has 0 saturated carbocycles. The number of hydrogen-bond acceptors (Lipinski definition) is 4. The Morgan fingerprint density at radius 3 is 2.68 bits per heavy atom. The van der Waals surface area contributed by atoms with Crippen LogP contribution in [0.25, 0.3) is 11.3 Å². The van der Waals surface area contributed by atoms with E-state index in [9.17, 15) is 4.79 Å². The predicted molar refractivity (Wildman–Crippen MR) is 108 cm³/mol. The molecule has 0 unspecified atom stereocenters. The van der Waals surface area contributed by atoms with Crippen LogP contribution in [0.1, 0.15) is 5.56 Å². The first kappa shape index (κ1) is 18.1. The SMILES string of the molecule is Cc1ccc(OCC(=O)Nc2nc(-c3ccc(Br)cc3)cs2)c(Br)c1. The van der Waals surface area contributed by atoms with E-state index in [1.807, 2.05) is 54.8 Å². The molecule has 3 aromatic rings. The number of aromatic nitrogens is 1. The third kappa shape index (κ3) is 4.90. The highest BCUT2D eigenvalue weighted by molar-refractivity contribution is 9.10. The van der Waals surface area contributed by atoms with E-state index in [0.717, 1.165) is 25.8 Å². The average Bonchev–Trinajstić information content (AvgIpc) is 3.03. The van der Waals surface area contributed by atoms with Gasteiger partial charge in [0.15, 0.2) is 11.7 Å². The molecule has 0 atom stereocenters. The minimum Gasteiger partial charge on any atom is -0.483 e. The summed E-state index contributed by atoms with van der Waals surface area (Å²) >= 11 is 8.22. The Labute approximate surface area is 166 Å². The maximum Gasteiger partial charge on any atom is 0.264 e. The van der Waals surface area contributed by atoms with Crippen LogP contribution in [0.4, 0.5) is 5.13 Å². The van der Waals surface area contributed by atoms with Gasteiger partial charge in [0.2, 0.25) is 0 Å². The van der Waals surface area contributed by atoms with Crippen molar-refractivity contribution in [3.8, 4) is 17.0 Å². The summed E-state index contributed by atoms with van der Waals surface area (Å²) in [6.07, 6.45) is 0. The lowest BCUT2D eigenvalue weighted by Gasteiger charge is -2.08. The quantitative estimate of drug-likeness (QED) is 0.511. The topological polar surface area (TPSA) is 51.2 Å². The summed E-state index contributed by atoms with van der Waals surface area (Å²) in [4.78, 5) is 16.5. The Morgan fingerprint density at radius 2 is 1.96 bits per heavy atom. The number of thiazole rings is 1. The molecule has 1 heterocycles. The fraction of sp³-hybridized carbons (Fsp3) is 0.111. The van der Waals surface area contributed by atoms with E-state index < -0.39 is 0 Å². The van der Waals surface area contributed by atoms with Crippen LogP contribution in [-0.4, -0.2) is 17.5 Å². The molecule has 0 saturated heterocycles. The van der Waals surface area contributed by atoms with Crippen molar-refractivity contribution in [1.29, 1.82) is 0 Å². The number of nitrogens with one attached hydrogen (secondary N) is 1. The van der Waals surface area contributed by atoms with Crippen molar-refractivity contribution in [3.05, 3.63) is 62.4 Å². The number of carbonyl (C=O) groups excluding carboxylic acids is 1. The molecular formula is C18H14Br2N2O2S. The van der Waals surface area contributed by atoms with Crippen molar-refractivity contribution >= 4 is 54.2 Å². The molecular weight excluding hydrogens is 468 g/mol. The number of nitrogens with zero attached hydrogens (tertiary/aromatic N) is 1. The summed E-state index contributed by atoms with van der Waals surface area (Å²) in [6, 6.07) is 13.6. The minimum absolute atomic E-state index is 0.0745. The van der Waals surface area contributed by atoms with Crippen LogP contribution >= 0.6 is 43.2 Å². The molecule has 4 nitrogen and oxygen atoms in total. The summed E-state index contributed by atoms with van der Waals surface area (Å²) in [5, 5.41) is 5.23. The fourth-order valence-electron chi connectivity index (χ4n) is 2.11. The van der Waals surface area contributed by atoms with Crippen molar-refractivity contribution in [3.63, 3.8) is 0 Å². The Bertz CT molecular complexity index is 894. The standard InChI is InChI=1S/C18H14Br2N2O2S/c1-11-2-7-16(14(20)8-11)24-9-17(23)22-18-21-15(10-25-18)12-3-5-13(19)6-4-12/h2-8,10H,9H2,1H3,(H,21,22,23). The minimum atomic E-state index is -0.246. The zero-order valence-corrected chi connectivity index (χ0v) is 17.2. The second-order valence-electron chi connectivity index (χ2n) is 5.32. The number of carbonyl (C=O) groups is 1. The Hall–Kier alpha value is -1.70. The van der Waals surface area contributed by atoms with Gasteiger partial charge in [-0.15, -0.1) is 11.3 Å². The third-order valence-electron chi connectivity index (χ3n) is 3.34. The molecule has 0 fully saturated rings. The maximum atomic E-state index is 12.1. The Kier molecular flexibility index (Phi) is 5.88. The van der Waals surface area contributed by atoms with Crippen molar-refractivity contribution in [2.45, 2.75) is 6.92 Å². The zero-order chi connectivity index (χ0) is 17.8. The van der Waals surface area contributed by atoms with E-state index in [1.165, 1.54) is 11.3 Å². The lowest BCUT2D eigenvalue weighted by atomic mass is 10.2. The van der Waals surface area contributed by atoms with Gasteiger partial charge in [0.05, 0.1) is 10.2 Å². The highest BCUT2D eigenvalue weighted by Gasteiger charge is 2.10. The van der Waals surface area contributed by atoms with Gasteiger partial charge in [0, 0.05) is 15.4 Å². The highest BCUT2D eigenvalue weighted by Crippen LogP contribution is 2.27. The smallest absolute Gasteiger partial charge is 0.264 e. The second kappa shape index (κ2) is 8.12. The number of ether oxygens (including phenoxy) is 1. The van der Waals surface area contributed by atoms with Gasteiger partial charge < -0.3 is 4.74 Å². The zero-order valence-electron chi connectivity index (χ0n) is 13.3. The molecule has 0 spiro atoms. The average molecular weight is 482 g/mol. The summed E-state index contributed by atoms with van der Waals surface area (Å²) in [6.45, 7) is 1.92. The van der Waals surface area contributed by atoms with Gasteiger partial charge in [-0.3, -0.25) is 10.1 Å². The molecule has 1 amide bonds. The van der Waals surface area contributed by atoms with E-state index in [2.05, 4.69) is 42.2 Å². The van der Waals surface area contributed by atoms with Crippen LogP contribution in [-0.2, 0) is 4.79 Å². The number of amides is 1. The highest BCUT2D eigenvalue weighted by atomic mass is 79.9. The molecule has 0 aliphatic carbocycles. The lowest BCUT2D eigenvalue weighted by Crippen LogP contribution is -2.20. The molecule has 7 heteroatoms. The van der Waals surface area contributed by atoms with Gasteiger partial charge >= 0.3 is 0 Å². The summed E-state index contributed by atoms with van der Waals surface area (Å²) in [5.74, 6) is 0.389. The van der Waals surface area contributed by atoms with Crippen LogP contribution in [0.15, 0.2) is 56.8 Å². The Morgan fingerprint density at radius 1 is 1.20 bits per heavy atom. The van der Waals surface area contributed by atoms with Crippen molar-refractivity contribution < 1.29 is 9.53 Å². The van der Waals surface area contributed by atoms with Gasteiger partial charge in [-0.25, -0.2) is 4.98 Å². The first-order chi connectivity index (χ1) is 12.0. The van der Waals surface area contributed by atoms with Crippen LogP contribution < -0.4 is 10.1 Å². The van der Waals surface area contributed by atoms with Gasteiger partial charge in [-0.05, 0) is 52.7 Å². The molecule has 0 aliphatic heterocycles. The number of hydrogen-bond donors (Lipinski definition) is 1. The summed E-state index contributed by atoms with van der Waals surface area (Å²) in [5.41, 5.74) is 2.95. The van der Waals surface area contributed by atoms with Crippen LogP contribution in [0.5, 0.6) is 5.75 Å². The van der Waals surface area contributed by atoms with Crippen LogP contribution in [0, 0.1) is 6.92 Å². The molecule has 1 aromatic heterocycles. The molecule has 2 aromatic carbocycles. The molecule has 1 N–H and O–H groups in total. The van der Waals surface area contributed by atoms with E-state index >= 15 is 0 Å². The lowest BCUT2D eigenvalue weighted by molar-refractivity contribution is -0.118. The number of anilines is 1. The summed E-state index contributed by atoms with van der Waals surface area (Å²) < 4.78 is 7.38. The molecule has 0 radical (unpaired) electrons. The van der Waals surface area contributed by atoms with Gasteiger partial charge in [-0.2, -0.15) is 0 Å². The van der Waals surface area contributed by atoms with Crippen molar-refractivity contribution in [2.24, 2.45) is 0 Å². The molecule has 128 valence electrons. The maximum absolute atomic E-state index is 12.1. The largest absolute Gasteiger partial charge is 0.483 e. The molecule has 0 aliphatic rings. The normalized spacial score (nSPS) is 10.5. The van der Waals surface area contributed by atoms with Gasteiger partial charge in [-0.1, -0.05) is 34.1 Å².